The number of hydrogen-bond acceptors (Lipinski definition) is 2. The van der Waals surface area contributed by atoms with Crippen LogP contribution in [0.4, 0.5) is 0 Å². The number of halogens is 1. The van der Waals surface area contributed by atoms with Gasteiger partial charge in [0.1, 0.15) is 0 Å². The quantitative estimate of drug-likeness (QED) is 0.753. The second-order valence-corrected chi connectivity index (χ2v) is 6.17. The highest BCUT2D eigenvalue weighted by Crippen LogP contribution is 2.26. The second kappa shape index (κ2) is 5.11. The maximum absolute atomic E-state index is 4.10. The molecule has 0 amide bonds. The number of alkyl halides is 1. The molecule has 0 fully saturated rings. The third kappa shape index (κ3) is 3.39. The zero-order valence-corrected chi connectivity index (χ0v) is 10.7. The minimum Gasteiger partial charge on any atom is -0.253 e. The van der Waals surface area contributed by atoms with Gasteiger partial charge in [-0.05, 0) is 18.3 Å². The molecule has 3 heteroatoms. The van der Waals surface area contributed by atoms with Crippen molar-refractivity contribution >= 4 is 27.3 Å². The van der Waals surface area contributed by atoms with Crippen molar-refractivity contribution in [2.24, 2.45) is 11.8 Å². The Morgan fingerprint density at radius 3 is 2.54 bits per heavy atom. The lowest BCUT2D eigenvalue weighted by Gasteiger charge is -2.22. The highest BCUT2D eigenvalue weighted by Gasteiger charge is 2.19. The highest BCUT2D eigenvalue weighted by molar-refractivity contribution is 9.09. The second-order valence-electron chi connectivity index (χ2n) is 3.76. The Balaban J connectivity index is 2.58. The minimum atomic E-state index is 0.578. The van der Waals surface area contributed by atoms with Crippen molar-refractivity contribution in [2.75, 3.05) is 0 Å². The summed E-state index contributed by atoms with van der Waals surface area (Å²) in [5.41, 5.74) is 1.91. The number of hydrogen-bond donors (Lipinski definition) is 0. The fraction of sp³-hybridized carbons (Fsp3) is 0.700. The molecule has 1 aromatic heterocycles. The van der Waals surface area contributed by atoms with Crippen LogP contribution in [-0.4, -0.2) is 9.81 Å². The summed E-state index contributed by atoms with van der Waals surface area (Å²) in [7, 11) is 0. The van der Waals surface area contributed by atoms with Crippen LogP contribution < -0.4 is 0 Å². The van der Waals surface area contributed by atoms with E-state index in [0.717, 1.165) is 12.3 Å². The van der Waals surface area contributed by atoms with Crippen molar-refractivity contribution in [3.8, 4) is 0 Å². The van der Waals surface area contributed by atoms with Crippen LogP contribution in [0, 0.1) is 11.8 Å². The summed E-state index contributed by atoms with van der Waals surface area (Å²) >= 11 is 5.43. The Morgan fingerprint density at radius 2 is 2.15 bits per heavy atom. The van der Waals surface area contributed by atoms with E-state index in [2.05, 4.69) is 41.7 Å². The van der Waals surface area contributed by atoms with Crippen molar-refractivity contribution in [1.82, 2.24) is 4.98 Å². The summed E-state index contributed by atoms with van der Waals surface area (Å²) in [6.45, 7) is 6.79. The lowest BCUT2D eigenvalue weighted by Crippen LogP contribution is -2.19. The van der Waals surface area contributed by atoms with Crippen LogP contribution >= 0.6 is 27.3 Å². The van der Waals surface area contributed by atoms with Gasteiger partial charge in [-0.1, -0.05) is 36.7 Å². The molecular formula is C10H16BrNS. The topological polar surface area (TPSA) is 12.9 Å². The molecule has 2 unspecified atom stereocenters. The Labute approximate surface area is 92.7 Å². The van der Waals surface area contributed by atoms with E-state index in [1.165, 1.54) is 4.88 Å². The van der Waals surface area contributed by atoms with Gasteiger partial charge in [-0.15, -0.1) is 11.3 Å². The molecule has 0 radical (unpaired) electrons. The fourth-order valence-corrected chi connectivity index (χ4v) is 2.97. The van der Waals surface area contributed by atoms with Crippen molar-refractivity contribution < 1.29 is 0 Å². The summed E-state index contributed by atoms with van der Waals surface area (Å²) in [6, 6.07) is 0. The minimum absolute atomic E-state index is 0.578. The van der Waals surface area contributed by atoms with Gasteiger partial charge in [0, 0.05) is 15.9 Å². The first kappa shape index (κ1) is 11.2. The van der Waals surface area contributed by atoms with Crippen LogP contribution in [0.5, 0.6) is 0 Å². The van der Waals surface area contributed by atoms with E-state index >= 15 is 0 Å². The van der Waals surface area contributed by atoms with Gasteiger partial charge in [-0.3, -0.25) is 4.98 Å². The summed E-state index contributed by atoms with van der Waals surface area (Å²) in [6.07, 6.45) is 3.13. The molecule has 0 aliphatic heterocycles. The van der Waals surface area contributed by atoms with Crippen molar-refractivity contribution in [3.05, 3.63) is 16.6 Å². The van der Waals surface area contributed by atoms with Gasteiger partial charge in [0.2, 0.25) is 0 Å². The van der Waals surface area contributed by atoms with Crippen molar-refractivity contribution in [1.29, 1.82) is 0 Å². The lowest BCUT2D eigenvalue weighted by atomic mass is 9.90. The van der Waals surface area contributed by atoms with Gasteiger partial charge in [0.05, 0.1) is 5.51 Å². The van der Waals surface area contributed by atoms with Gasteiger partial charge in [-0.25, -0.2) is 0 Å². The molecule has 0 N–H and O–H groups in total. The lowest BCUT2D eigenvalue weighted by molar-refractivity contribution is 0.386. The number of nitrogens with zero attached hydrogens (tertiary/aromatic N) is 1. The van der Waals surface area contributed by atoms with E-state index < -0.39 is 0 Å². The molecule has 1 rings (SSSR count). The number of rotatable bonds is 4. The molecule has 1 heterocycles. The van der Waals surface area contributed by atoms with Crippen LogP contribution in [0.1, 0.15) is 25.6 Å². The average Bonchev–Trinajstić information content (AvgIpc) is 2.50. The first-order chi connectivity index (χ1) is 6.11. The van der Waals surface area contributed by atoms with E-state index in [1.807, 2.05) is 11.7 Å². The van der Waals surface area contributed by atoms with Gasteiger partial charge >= 0.3 is 0 Å². The van der Waals surface area contributed by atoms with Crippen molar-refractivity contribution in [3.63, 3.8) is 0 Å². The van der Waals surface area contributed by atoms with Crippen LogP contribution in [0.2, 0.25) is 0 Å². The Bertz CT molecular complexity index is 223. The van der Waals surface area contributed by atoms with E-state index in [1.54, 1.807) is 11.3 Å². The van der Waals surface area contributed by atoms with E-state index in [-0.39, 0.29) is 0 Å². The fourth-order valence-electron chi connectivity index (χ4n) is 1.50. The molecule has 13 heavy (non-hydrogen) atoms. The molecule has 1 aromatic rings. The predicted octanol–water partition coefficient (Wildman–Crippen LogP) is 3.74. The third-order valence-corrected chi connectivity index (χ3v) is 3.85. The Hall–Kier alpha value is 0.110. The number of aromatic nitrogens is 1. The molecule has 0 saturated carbocycles. The normalized spacial score (nSPS) is 16.1. The molecule has 2 atom stereocenters. The maximum Gasteiger partial charge on any atom is 0.0794 e. The molecule has 0 aromatic carbocycles. The highest BCUT2D eigenvalue weighted by atomic mass is 79.9. The van der Waals surface area contributed by atoms with Crippen LogP contribution in [0.15, 0.2) is 11.7 Å². The van der Waals surface area contributed by atoms with Crippen LogP contribution in [0.25, 0.3) is 0 Å². The Kier molecular flexibility index (Phi) is 4.39. The van der Waals surface area contributed by atoms with Gasteiger partial charge in [0.15, 0.2) is 0 Å². The zero-order chi connectivity index (χ0) is 9.84. The zero-order valence-electron chi connectivity index (χ0n) is 8.33. The Morgan fingerprint density at radius 1 is 1.46 bits per heavy atom. The van der Waals surface area contributed by atoms with Gasteiger partial charge < -0.3 is 0 Å². The molecule has 0 saturated heterocycles. The molecule has 0 spiro atoms. The van der Waals surface area contributed by atoms with E-state index in [9.17, 15) is 0 Å². The summed E-state index contributed by atoms with van der Waals surface area (Å²) in [5.74, 6) is 1.43. The molecule has 0 bridgehead atoms. The van der Waals surface area contributed by atoms with Gasteiger partial charge in [0.25, 0.3) is 0 Å². The summed E-state index contributed by atoms with van der Waals surface area (Å²) in [5, 5.41) is 0. The van der Waals surface area contributed by atoms with Crippen LogP contribution in [-0.2, 0) is 6.42 Å². The molecule has 0 aliphatic rings. The molecular weight excluding hydrogens is 246 g/mol. The number of thiazole rings is 1. The summed E-state index contributed by atoms with van der Waals surface area (Å²) in [4.78, 5) is 6.07. The standard InChI is InChI=1S/C10H16BrNS/c1-7(2)10(8(3)11)4-9-5-12-6-13-9/h5-8,10H,4H2,1-3H3. The first-order valence-corrected chi connectivity index (χ1v) is 6.42. The molecule has 1 nitrogen and oxygen atoms in total. The maximum atomic E-state index is 4.10. The predicted molar refractivity (Wildman–Crippen MR) is 62.5 cm³/mol. The average molecular weight is 262 g/mol. The first-order valence-electron chi connectivity index (χ1n) is 4.62. The SMILES string of the molecule is CC(C)C(Cc1cncs1)C(C)Br. The van der Waals surface area contributed by atoms with E-state index in [4.69, 9.17) is 0 Å². The summed E-state index contributed by atoms with van der Waals surface area (Å²) < 4.78 is 0. The van der Waals surface area contributed by atoms with Gasteiger partial charge in [-0.2, -0.15) is 0 Å². The molecule has 74 valence electrons. The monoisotopic (exact) mass is 261 g/mol. The molecule has 0 aliphatic carbocycles. The third-order valence-electron chi connectivity index (χ3n) is 2.37. The largest absolute Gasteiger partial charge is 0.253 e. The van der Waals surface area contributed by atoms with Crippen molar-refractivity contribution in [2.45, 2.75) is 32.0 Å². The van der Waals surface area contributed by atoms with E-state index in [0.29, 0.717) is 10.7 Å². The van der Waals surface area contributed by atoms with Crippen LogP contribution in [0.3, 0.4) is 0 Å². The smallest absolute Gasteiger partial charge is 0.0794 e.